The van der Waals surface area contributed by atoms with Gasteiger partial charge in [-0.05, 0) is 18.2 Å². The summed E-state index contributed by atoms with van der Waals surface area (Å²) in [5.74, 6) is -0.906. The standard InChI is InChI=1S/C10H9N3O3/c11-9(6-3-4-12-5-13-6)7-1-2-8(16-7)10(14)15/h1-5,9H,11H2,(H,14,15). The molecule has 3 N–H and O–H groups in total. The fraction of sp³-hybridized carbons (Fsp3) is 0.100. The van der Waals surface area contributed by atoms with Gasteiger partial charge in [0.25, 0.3) is 0 Å². The molecule has 6 heteroatoms. The normalized spacial score (nSPS) is 12.3. The average Bonchev–Trinajstić information content (AvgIpc) is 2.78. The highest BCUT2D eigenvalue weighted by atomic mass is 16.4. The van der Waals surface area contributed by atoms with Crippen molar-refractivity contribution in [2.24, 2.45) is 5.73 Å². The van der Waals surface area contributed by atoms with E-state index in [0.717, 1.165) is 0 Å². The number of hydrogen-bond donors (Lipinski definition) is 2. The predicted octanol–water partition coefficient (Wildman–Crippen LogP) is 0.816. The van der Waals surface area contributed by atoms with Crippen LogP contribution < -0.4 is 5.73 Å². The Labute approximate surface area is 90.7 Å². The van der Waals surface area contributed by atoms with E-state index in [2.05, 4.69) is 9.97 Å². The average molecular weight is 219 g/mol. The SMILES string of the molecule is NC(c1ccncn1)c1ccc(C(=O)O)o1. The lowest BCUT2D eigenvalue weighted by Gasteiger charge is -2.06. The maximum absolute atomic E-state index is 10.6. The van der Waals surface area contributed by atoms with Crippen LogP contribution in [-0.4, -0.2) is 21.0 Å². The smallest absolute Gasteiger partial charge is 0.371 e. The Kier molecular flexibility index (Phi) is 2.65. The lowest BCUT2D eigenvalue weighted by Crippen LogP contribution is -2.12. The number of aromatic nitrogens is 2. The van der Waals surface area contributed by atoms with E-state index in [1.807, 2.05) is 0 Å². The summed E-state index contributed by atoms with van der Waals surface area (Å²) in [7, 11) is 0. The topological polar surface area (TPSA) is 102 Å². The molecule has 16 heavy (non-hydrogen) atoms. The Hall–Kier alpha value is -2.21. The van der Waals surface area contributed by atoms with Crippen LogP contribution in [0.25, 0.3) is 0 Å². The molecule has 1 atom stereocenters. The van der Waals surface area contributed by atoms with Crippen LogP contribution in [0.4, 0.5) is 0 Å². The van der Waals surface area contributed by atoms with E-state index >= 15 is 0 Å². The van der Waals surface area contributed by atoms with E-state index in [1.165, 1.54) is 18.5 Å². The zero-order chi connectivity index (χ0) is 11.5. The van der Waals surface area contributed by atoms with Gasteiger partial charge >= 0.3 is 5.97 Å². The van der Waals surface area contributed by atoms with Gasteiger partial charge in [-0.3, -0.25) is 0 Å². The third kappa shape index (κ3) is 1.91. The van der Waals surface area contributed by atoms with Crippen molar-refractivity contribution in [1.29, 1.82) is 0 Å². The van der Waals surface area contributed by atoms with E-state index in [1.54, 1.807) is 12.3 Å². The highest BCUT2D eigenvalue weighted by Gasteiger charge is 2.16. The lowest BCUT2D eigenvalue weighted by molar-refractivity contribution is 0.0660. The van der Waals surface area contributed by atoms with Crippen molar-refractivity contribution >= 4 is 5.97 Å². The Morgan fingerprint density at radius 2 is 2.25 bits per heavy atom. The summed E-state index contributed by atoms with van der Waals surface area (Å²) in [5, 5.41) is 8.69. The second-order valence-corrected chi connectivity index (χ2v) is 3.12. The van der Waals surface area contributed by atoms with Crippen LogP contribution in [0.5, 0.6) is 0 Å². The first-order valence-corrected chi connectivity index (χ1v) is 4.53. The molecule has 1 unspecified atom stereocenters. The molecule has 0 amide bonds. The molecule has 0 saturated carbocycles. The molecule has 82 valence electrons. The molecule has 0 aliphatic rings. The molecule has 2 rings (SSSR count). The minimum Gasteiger partial charge on any atom is -0.475 e. The summed E-state index contributed by atoms with van der Waals surface area (Å²) in [6, 6.07) is 3.94. The Morgan fingerprint density at radius 1 is 1.44 bits per heavy atom. The van der Waals surface area contributed by atoms with Gasteiger partial charge in [-0.1, -0.05) is 0 Å². The summed E-state index contributed by atoms with van der Waals surface area (Å²) < 4.78 is 5.08. The van der Waals surface area contributed by atoms with Crippen LogP contribution in [0.3, 0.4) is 0 Å². The van der Waals surface area contributed by atoms with Crippen LogP contribution in [-0.2, 0) is 0 Å². The molecule has 0 aliphatic heterocycles. The van der Waals surface area contributed by atoms with Gasteiger partial charge in [0.1, 0.15) is 18.1 Å². The zero-order valence-electron chi connectivity index (χ0n) is 8.20. The molecule has 0 bridgehead atoms. The molecule has 0 spiro atoms. The van der Waals surface area contributed by atoms with Gasteiger partial charge in [-0.2, -0.15) is 0 Å². The molecule has 2 aromatic rings. The number of rotatable bonds is 3. The summed E-state index contributed by atoms with van der Waals surface area (Å²) in [4.78, 5) is 18.3. The molecule has 0 radical (unpaired) electrons. The molecular formula is C10H9N3O3. The number of hydrogen-bond acceptors (Lipinski definition) is 5. The Bertz CT molecular complexity index is 495. The molecule has 0 saturated heterocycles. The summed E-state index contributed by atoms with van der Waals surface area (Å²) in [6.07, 6.45) is 2.93. The third-order valence-corrected chi connectivity index (χ3v) is 2.07. The highest BCUT2D eigenvalue weighted by Crippen LogP contribution is 2.19. The van der Waals surface area contributed by atoms with Crippen LogP contribution in [0.1, 0.15) is 28.1 Å². The van der Waals surface area contributed by atoms with Crippen molar-refractivity contribution in [3.63, 3.8) is 0 Å². The number of nitrogens with two attached hydrogens (primary N) is 1. The van der Waals surface area contributed by atoms with Gasteiger partial charge < -0.3 is 15.3 Å². The molecule has 6 nitrogen and oxygen atoms in total. The second kappa shape index (κ2) is 4.11. The van der Waals surface area contributed by atoms with E-state index in [9.17, 15) is 4.79 Å². The Balaban J connectivity index is 2.27. The van der Waals surface area contributed by atoms with Gasteiger partial charge in [-0.25, -0.2) is 14.8 Å². The Morgan fingerprint density at radius 3 is 2.81 bits per heavy atom. The van der Waals surface area contributed by atoms with Gasteiger partial charge in [0.15, 0.2) is 0 Å². The fourth-order valence-electron chi connectivity index (χ4n) is 1.27. The molecule has 0 fully saturated rings. The van der Waals surface area contributed by atoms with Crippen LogP contribution in [0.2, 0.25) is 0 Å². The van der Waals surface area contributed by atoms with E-state index in [-0.39, 0.29) is 5.76 Å². The molecule has 2 aromatic heterocycles. The van der Waals surface area contributed by atoms with Crippen molar-refractivity contribution in [3.8, 4) is 0 Å². The maximum atomic E-state index is 10.6. The zero-order valence-corrected chi connectivity index (χ0v) is 8.20. The summed E-state index contributed by atoms with van der Waals surface area (Å²) in [6.45, 7) is 0. The minimum atomic E-state index is -1.12. The van der Waals surface area contributed by atoms with Crippen molar-refractivity contribution < 1.29 is 14.3 Å². The number of carboxylic acid groups (broad SMARTS) is 1. The van der Waals surface area contributed by atoms with E-state index in [0.29, 0.717) is 11.5 Å². The first-order chi connectivity index (χ1) is 7.68. The van der Waals surface area contributed by atoms with Crippen LogP contribution >= 0.6 is 0 Å². The van der Waals surface area contributed by atoms with E-state index in [4.69, 9.17) is 15.3 Å². The quantitative estimate of drug-likeness (QED) is 0.792. The van der Waals surface area contributed by atoms with Crippen molar-refractivity contribution in [1.82, 2.24) is 9.97 Å². The number of nitrogens with zero attached hydrogens (tertiary/aromatic N) is 2. The monoisotopic (exact) mass is 219 g/mol. The van der Waals surface area contributed by atoms with Crippen molar-refractivity contribution in [2.45, 2.75) is 6.04 Å². The number of furan rings is 1. The van der Waals surface area contributed by atoms with Gasteiger partial charge in [0.2, 0.25) is 5.76 Å². The molecular weight excluding hydrogens is 210 g/mol. The van der Waals surface area contributed by atoms with Crippen LogP contribution in [0.15, 0.2) is 35.1 Å². The van der Waals surface area contributed by atoms with Crippen molar-refractivity contribution in [3.05, 3.63) is 47.9 Å². The molecule has 0 aliphatic carbocycles. The van der Waals surface area contributed by atoms with Crippen LogP contribution in [0, 0.1) is 0 Å². The second-order valence-electron chi connectivity index (χ2n) is 3.12. The minimum absolute atomic E-state index is 0.139. The number of carboxylic acids is 1. The largest absolute Gasteiger partial charge is 0.475 e. The van der Waals surface area contributed by atoms with Crippen molar-refractivity contribution in [2.75, 3.05) is 0 Å². The summed E-state index contributed by atoms with van der Waals surface area (Å²) >= 11 is 0. The predicted molar refractivity (Wildman–Crippen MR) is 53.7 cm³/mol. The van der Waals surface area contributed by atoms with Gasteiger partial charge in [-0.15, -0.1) is 0 Å². The maximum Gasteiger partial charge on any atom is 0.371 e. The third-order valence-electron chi connectivity index (χ3n) is 2.07. The summed E-state index contributed by atoms with van der Waals surface area (Å²) in [5.41, 5.74) is 6.42. The fourth-order valence-corrected chi connectivity index (χ4v) is 1.27. The molecule has 0 aromatic carbocycles. The molecule has 2 heterocycles. The van der Waals surface area contributed by atoms with Gasteiger partial charge in [0.05, 0.1) is 5.69 Å². The highest BCUT2D eigenvalue weighted by molar-refractivity contribution is 5.84. The number of carbonyl (C=O) groups is 1. The first-order valence-electron chi connectivity index (χ1n) is 4.53. The lowest BCUT2D eigenvalue weighted by atomic mass is 10.1. The van der Waals surface area contributed by atoms with Gasteiger partial charge in [0, 0.05) is 6.20 Å². The number of aromatic carboxylic acids is 1. The van der Waals surface area contributed by atoms with E-state index < -0.39 is 12.0 Å². The first kappa shape index (κ1) is 10.3.